The number of rotatable bonds is 4. The Labute approximate surface area is 99.4 Å². The zero-order chi connectivity index (χ0) is 11.3. The number of halogens is 1. The van der Waals surface area contributed by atoms with Crippen molar-refractivity contribution in [1.82, 2.24) is 4.90 Å². The first kappa shape index (κ1) is 12.2. The summed E-state index contributed by atoms with van der Waals surface area (Å²) in [6.45, 7) is 2.68. The lowest BCUT2D eigenvalue weighted by Gasteiger charge is -2.17. The molecule has 0 unspecified atom stereocenters. The summed E-state index contributed by atoms with van der Waals surface area (Å²) in [5.74, 6) is 0.202. The average Bonchev–Trinajstić information content (AvgIpc) is 2.21. The van der Waals surface area contributed by atoms with Gasteiger partial charge in [0.05, 0.1) is 0 Å². The van der Waals surface area contributed by atoms with Gasteiger partial charge < -0.3 is 4.90 Å². The summed E-state index contributed by atoms with van der Waals surface area (Å²) in [7, 11) is 1.84. The molecule has 0 bridgehead atoms. The van der Waals surface area contributed by atoms with Crippen molar-refractivity contribution in [2.45, 2.75) is 26.3 Å². The summed E-state index contributed by atoms with van der Waals surface area (Å²) in [4.78, 5) is 13.3. The van der Waals surface area contributed by atoms with Crippen LogP contribution in [0.4, 0.5) is 0 Å². The summed E-state index contributed by atoms with van der Waals surface area (Å²) in [5.41, 5.74) is 1.14. The molecular weight excluding hydrogens is 254 g/mol. The molecule has 1 aromatic rings. The van der Waals surface area contributed by atoms with Crippen molar-refractivity contribution in [3.63, 3.8) is 0 Å². The van der Waals surface area contributed by atoms with Crippen LogP contribution in [0.5, 0.6) is 0 Å². The Kier molecular flexibility index (Phi) is 4.82. The highest BCUT2D eigenvalue weighted by atomic mass is 79.9. The molecule has 0 saturated carbocycles. The molecule has 82 valence electrons. The third-order valence-corrected chi connectivity index (χ3v) is 3.03. The minimum atomic E-state index is 0.202. The molecule has 1 amide bonds. The fraction of sp³-hybridized carbons (Fsp3) is 0.417. The van der Waals surface area contributed by atoms with Crippen LogP contribution < -0.4 is 0 Å². The van der Waals surface area contributed by atoms with Crippen LogP contribution in [0, 0.1) is 0 Å². The van der Waals surface area contributed by atoms with Crippen LogP contribution in [0.15, 0.2) is 28.7 Å². The molecule has 15 heavy (non-hydrogen) atoms. The zero-order valence-corrected chi connectivity index (χ0v) is 10.8. The third kappa shape index (κ3) is 3.67. The summed E-state index contributed by atoms with van der Waals surface area (Å²) >= 11 is 3.47. The maximum absolute atomic E-state index is 11.6. The number of benzene rings is 1. The van der Waals surface area contributed by atoms with Gasteiger partial charge in [-0.25, -0.2) is 0 Å². The predicted molar refractivity (Wildman–Crippen MR) is 65.5 cm³/mol. The van der Waals surface area contributed by atoms with Crippen LogP contribution in [-0.4, -0.2) is 17.9 Å². The fourth-order valence-corrected chi connectivity index (χ4v) is 1.79. The molecule has 2 nitrogen and oxygen atoms in total. The number of nitrogens with zero attached hydrogens (tertiary/aromatic N) is 1. The van der Waals surface area contributed by atoms with Gasteiger partial charge in [-0.15, -0.1) is 0 Å². The molecule has 0 N–H and O–H groups in total. The minimum absolute atomic E-state index is 0.202. The summed E-state index contributed by atoms with van der Waals surface area (Å²) in [6, 6.07) is 7.98. The maximum atomic E-state index is 11.6. The van der Waals surface area contributed by atoms with E-state index in [1.54, 1.807) is 4.90 Å². The summed E-state index contributed by atoms with van der Waals surface area (Å²) in [5, 5.41) is 0. The molecule has 0 radical (unpaired) electrons. The number of carbonyl (C=O) groups excluding carboxylic acids is 1. The van der Waals surface area contributed by atoms with Crippen molar-refractivity contribution in [2.24, 2.45) is 0 Å². The molecule has 1 rings (SSSR count). The molecule has 0 atom stereocenters. The monoisotopic (exact) mass is 269 g/mol. The lowest BCUT2D eigenvalue weighted by molar-refractivity contribution is -0.130. The second kappa shape index (κ2) is 5.91. The largest absolute Gasteiger partial charge is 0.341 e. The molecule has 0 spiro atoms. The number of carbonyl (C=O) groups is 1. The van der Waals surface area contributed by atoms with Crippen LogP contribution in [0.3, 0.4) is 0 Å². The van der Waals surface area contributed by atoms with E-state index in [4.69, 9.17) is 0 Å². The normalized spacial score (nSPS) is 10.1. The van der Waals surface area contributed by atoms with E-state index >= 15 is 0 Å². The van der Waals surface area contributed by atoms with E-state index in [1.165, 1.54) is 0 Å². The van der Waals surface area contributed by atoms with Crippen molar-refractivity contribution in [3.05, 3.63) is 34.3 Å². The van der Waals surface area contributed by atoms with Crippen LogP contribution in [-0.2, 0) is 11.3 Å². The molecule has 0 aliphatic rings. The molecule has 0 aliphatic carbocycles. The standard InChI is InChI=1S/C12H16BrNO/c1-3-6-12(15)14(2)9-10-7-4-5-8-11(10)13/h4-5,7-8H,3,6,9H2,1-2H3. The fourth-order valence-electron chi connectivity index (χ4n) is 1.38. The van der Waals surface area contributed by atoms with E-state index in [9.17, 15) is 4.79 Å². The molecular formula is C12H16BrNO. The molecule has 0 aliphatic heterocycles. The maximum Gasteiger partial charge on any atom is 0.222 e. The van der Waals surface area contributed by atoms with Crippen molar-refractivity contribution >= 4 is 21.8 Å². The van der Waals surface area contributed by atoms with Gasteiger partial charge in [0.25, 0.3) is 0 Å². The summed E-state index contributed by atoms with van der Waals surface area (Å²) < 4.78 is 1.06. The first-order chi connectivity index (χ1) is 7.15. The topological polar surface area (TPSA) is 20.3 Å². The van der Waals surface area contributed by atoms with Gasteiger partial charge in [-0.2, -0.15) is 0 Å². The van der Waals surface area contributed by atoms with E-state index in [2.05, 4.69) is 15.9 Å². The lowest BCUT2D eigenvalue weighted by Crippen LogP contribution is -2.25. The highest BCUT2D eigenvalue weighted by Crippen LogP contribution is 2.17. The second-order valence-electron chi connectivity index (χ2n) is 3.59. The number of amides is 1. The smallest absolute Gasteiger partial charge is 0.222 e. The Morgan fingerprint density at radius 2 is 2.07 bits per heavy atom. The Balaban J connectivity index is 2.62. The molecule has 3 heteroatoms. The predicted octanol–water partition coefficient (Wildman–Crippen LogP) is 3.21. The Bertz CT molecular complexity index is 338. The highest BCUT2D eigenvalue weighted by molar-refractivity contribution is 9.10. The molecule has 0 aromatic heterocycles. The molecule has 0 fully saturated rings. The molecule has 0 heterocycles. The summed E-state index contributed by atoms with van der Waals surface area (Å²) in [6.07, 6.45) is 1.53. The Morgan fingerprint density at radius 3 is 2.67 bits per heavy atom. The van der Waals surface area contributed by atoms with Gasteiger partial charge in [-0.05, 0) is 18.1 Å². The molecule has 0 saturated heterocycles. The highest BCUT2D eigenvalue weighted by Gasteiger charge is 2.08. The lowest BCUT2D eigenvalue weighted by atomic mass is 10.2. The average molecular weight is 270 g/mol. The van der Waals surface area contributed by atoms with Gasteiger partial charge in [0, 0.05) is 24.5 Å². The van der Waals surface area contributed by atoms with Gasteiger partial charge in [-0.3, -0.25) is 4.79 Å². The van der Waals surface area contributed by atoms with Crippen molar-refractivity contribution < 1.29 is 4.79 Å². The zero-order valence-electron chi connectivity index (χ0n) is 9.16. The van der Waals surface area contributed by atoms with Crippen molar-refractivity contribution in [1.29, 1.82) is 0 Å². The SMILES string of the molecule is CCCC(=O)N(C)Cc1ccccc1Br. The van der Waals surface area contributed by atoms with E-state index in [1.807, 2.05) is 38.2 Å². The van der Waals surface area contributed by atoms with Crippen LogP contribution in [0.25, 0.3) is 0 Å². The van der Waals surface area contributed by atoms with Gasteiger partial charge in [0.1, 0.15) is 0 Å². The van der Waals surface area contributed by atoms with Crippen LogP contribution in [0.2, 0.25) is 0 Å². The quantitative estimate of drug-likeness (QED) is 0.822. The number of hydrogen-bond acceptors (Lipinski definition) is 1. The second-order valence-corrected chi connectivity index (χ2v) is 4.45. The van der Waals surface area contributed by atoms with Crippen molar-refractivity contribution in [3.8, 4) is 0 Å². The van der Waals surface area contributed by atoms with E-state index in [-0.39, 0.29) is 5.91 Å². The molecule has 1 aromatic carbocycles. The van der Waals surface area contributed by atoms with E-state index in [0.29, 0.717) is 13.0 Å². The Hall–Kier alpha value is -0.830. The van der Waals surface area contributed by atoms with Gasteiger partial charge in [0.15, 0.2) is 0 Å². The van der Waals surface area contributed by atoms with E-state index < -0.39 is 0 Å². The van der Waals surface area contributed by atoms with Crippen molar-refractivity contribution in [2.75, 3.05) is 7.05 Å². The Morgan fingerprint density at radius 1 is 1.40 bits per heavy atom. The number of hydrogen-bond donors (Lipinski definition) is 0. The first-order valence-corrected chi connectivity index (χ1v) is 5.91. The first-order valence-electron chi connectivity index (χ1n) is 5.12. The van der Waals surface area contributed by atoms with Gasteiger partial charge in [0.2, 0.25) is 5.91 Å². The van der Waals surface area contributed by atoms with Crippen LogP contribution >= 0.6 is 15.9 Å². The minimum Gasteiger partial charge on any atom is -0.341 e. The van der Waals surface area contributed by atoms with Gasteiger partial charge in [-0.1, -0.05) is 41.1 Å². The third-order valence-electron chi connectivity index (χ3n) is 2.25. The van der Waals surface area contributed by atoms with Crippen LogP contribution in [0.1, 0.15) is 25.3 Å². The van der Waals surface area contributed by atoms with Gasteiger partial charge >= 0.3 is 0 Å². The van der Waals surface area contributed by atoms with E-state index in [0.717, 1.165) is 16.5 Å².